The van der Waals surface area contributed by atoms with Crippen LogP contribution in [-0.2, 0) is 4.79 Å². The molecule has 5 heteroatoms. The van der Waals surface area contributed by atoms with E-state index in [9.17, 15) is 4.79 Å². The van der Waals surface area contributed by atoms with Crippen LogP contribution in [0.5, 0.6) is 11.5 Å². The van der Waals surface area contributed by atoms with Crippen LogP contribution < -0.4 is 20.1 Å². The third-order valence-electron chi connectivity index (χ3n) is 3.36. The Hall–Kier alpha value is -1.91. The maximum absolute atomic E-state index is 11.9. The molecule has 0 saturated carbocycles. The van der Waals surface area contributed by atoms with E-state index in [1.54, 1.807) is 0 Å². The number of carbonyl (C=O) groups excluding carboxylic acids is 1. The molecule has 0 spiro atoms. The highest BCUT2D eigenvalue weighted by molar-refractivity contribution is 5.81. The van der Waals surface area contributed by atoms with Crippen LogP contribution in [0.1, 0.15) is 27.2 Å². The number of benzene rings is 1. The third kappa shape index (κ3) is 3.79. The maximum Gasteiger partial charge on any atom is 0.239 e. The summed E-state index contributed by atoms with van der Waals surface area (Å²) >= 11 is 0. The van der Waals surface area contributed by atoms with Crippen molar-refractivity contribution in [1.29, 1.82) is 0 Å². The quantitative estimate of drug-likeness (QED) is 0.866. The molecule has 110 valence electrons. The first-order chi connectivity index (χ1) is 9.50. The number of amides is 1. The van der Waals surface area contributed by atoms with Crippen molar-refractivity contribution >= 4 is 11.6 Å². The minimum Gasteiger partial charge on any atom is -0.486 e. The van der Waals surface area contributed by atoms with Crippen molar-refractivity contribution < 1.29 is 14.3 Å². The van der Waals surface area contributed by atoms with Gasteiger partial charge in [0.1, 0.15) is 13.2 Å². The van der Waals surface area contributed by atoms with Gasteiger partial charge >= 0.3 is 0 Å². The second-order valence-corrected chi connectivity index (χ2v) is 5.50. The molecule has 0 unspecified atom stereocenters. The maximum atomic E-state index is 11.9. The molecule has 1 aromatic carbocycles. The summed E-state index contributed by atoms with van der Waals surface area (Å²) in [5, 5.41) is 6.07. The van der Waals surface area contributed by atoms with Crippen molar-refractivity contribution in [3.8, 4) is 11.5 Å². The number of hydrogen-bond acceptors (Lipinski definition) is 4. The molecule has 0 aliphatic carbocycles. The van der Waals surface area contributed by atoms with Gasteiger partial charge in [-0.05, 0) is 32.4 Å². The molecule has 0 radical (unpaired) electrons. The van der Waals surface area contributed by atoms with Crippen LogP contribution in [0.4, 0.5) is 5.69 Å². The largest absolute Gasteiger partial charge is 0.486 e. The van der Waals surface area contributed by atoms with Gasteiger partial charge in [0, 0.05) is 17.3 Å². The summed E-state index contributed by atoms with van der Waals surface area (Å²) in [6.45, 7) is 7.44. The van der Waals surface area contributed by atoms with Gasteiger partial charge in [-0.25, -0.2) is 0 Å². The van der Waals surface area contributed by atoms with Crippen molar-refractivity contribution in [3.63, 3.8) is 0 Å². The Morgan fingerprint density at radius 3 is 2.65 bits per heavy atom. The summed E-state index contributed by atoms with van der Waals surface area (Å²) in [7, 11) is 0. The highest BCUT2D eigenvalue weighted by Gasteiger charge is 2.17. The van der Waals surface area contributed by atoms with Crippen molar-refractivity contribution in [3.05, 3.63) is 18.2 Å². The summed E-state index contributed by atoms with van der Waals surface area (Å²) in [5.74, 6) is 1.45. The van der Waals surface area contributed by atoms with Crippen molar-refractivity contribution in [1.82, 2.24) is 5.32 Å². The van der Waals surface area contributed by atoms with Crippen molar-refractivity contribution in [2.45, 2.75) is 32.7 Å². The Kier molecular flexibility index (Phi) is 4.37. The number of fused-ring (bicyclic) bond motifs is 1. The van der Waals surface area contributed by atoms with Gasteiger partial charge in [-0.3, -0.25) is 4.79 Å². The second-order valence-electron chi connectivity index (χ2n) is 5.50. The molecule has 0 fully saturated rings. The van der Waals surface area contributed by atoms with Crippen LogP contribution in [0.25, 0.3) is 0 Å². The molecule has 0 atom stereocenters. The van der Waals surface area contributed by atoms with Gasteiger partial charge in [-0.2, -0.15) is 0 Å². The lowest BCUT2D eigenvalue weighted by atomic mass is 10.0. The molecular weight excluding hydrogens is 256 g/mol. The van der Waals surface area contributed by atoms with E-state index in [2.05, 4.69) is 17.6 Å². The van der Waals surface area contributed by atoms with Crippen LogP contribution in [0.3, 0.4) is 0 Å². The van der Waals surface area contributed by atoms with Crippen LogP contribution in [0.15, 0.2) is 18.2 Å². The van der Waals surface area contributed by atoms with Crippen LogP contribution in [0.2, 0.25) is 0 Å². The fourth-order valence-electron chi connectivity index (χ4n) is 1.85. The minimum absolute atomic E-state index is 0.0215. The lowest BCUT2D eigenvalue weighted by molar-refractivity contribution is -0.121. The van der Waals surface area contributed by atoms with E-state index in [1.165, 1.54) is 0 Å². The van der Waals surface area contributed by atoms with E-state index in [1.807, 2.05) is 32.0 Å². The number of rotatable bonds is 5. The molecule has 0 bridgehead atoms. The minimum atomic E-state index is -0.175. The predicted octanol–water partition coefficient (Wildman–Crippen LogP) is 2.17. The van der Waals surface area contributed by atoms with Gasteiger partial charge in [-0.1, -0.05) is 6.92 Å². The fourth-order valence-corrected chi connectivity index (χ4v) is 1.85. The molecule has 2 N–H and O–H groups in total. The van der Waals surface area contributed by atoms with E-state index in [0.717, 1.165) is 23.6 Å². The molecule has 1 aliphatic rings. The predicted molar refractivity (Wildman–Crippen MR) is 78.4 cm³/mol. The lowest BCUT2D eigenvalue weighted by Crippen LogP contribution is -2.45. The summed E-state index contributed by atoms with van der Waals surface area (Å²) < 4.78 is 11.0. The number of carbonyl (C=O) groups is 1. The number of nitrogens with one attached hydrogen (secondary N) is 2. The van der Waals surface area contributed by atoms with Gasteiger partial charge < -0.3 is 20.1 Å². The van der Waals surface area contributed by atoms with E-state index >= 15 is 0 Å². The normalized spacial score (nSPS) is 13.8. The van der Waals surface area contributed by atoms with Crippen LogP contribution in [-0.4, -0.2) is 31.2 Å². The van der Waals surface area contributed by atoms with Gasteiger partial charge in [0.05, 0.1) is 6.54 Å². The average molecular weight is 278 g/mol. The standard InChI is InChI=1S/C15H22N2O3/c1-4-15(2,3)17-14(18)10-16-11-5-6-12-13(9-11)20-8-7-19-12/h5-6,9,16H,4,7-8,10H2,1-3H3,(H,17,18). The molecule has 1 aromatic rings. The zero-order valence-corrected chi connectivity index (χ0v) is 12.3. The monoisotopic (exact) mass is 278 g/mol. The Bertz CT molecular complexity index is 486. The zero-order chi connectivity index (χ0) is 14.6. The molecule has 1 amide bonds. The summed E-state index contributed by atoms with van der Waals surface area (Å²) in [4.78, 5) is 11.9. The molecular formula is C15H22N2O3. The SMILES string of the molecule is CCC(C)(C)NC(=O)CNc1ccc2c(c1)OCCO2. The first-order valence-corrected chi connectivity index (χ1v) is 6.95. The van der Waals surface area contributed by atoms with Crippen LogP contribution >= 0.6 is 0 Å². The van der Waals surface area contributed by atoms with Crippen molar-refractivity contribution in [2.75, 3.05) is 25.1 Å². The first-order valence-electron chi connectivity index (χ1n) is 6.95. The van der Waals surface area contributed by atoms with Crippen molar-refractivity contribution in [2.24, 2.45) is 0 Å². The molecule has 0 saturated heterocycles. The Labute approximate surface area is 119 Å². The molecule has 1 aliphatic heterocycles. The molecule has 0 aromatic heterocycles. The molecule has 20 heavy (non-hydrogen) atoms. The highest BCUT2D eigenvalue weighted by Crippen LogP contribution is 2.32. The number of ether oxygens (including phenoxy) is 2. The Balaban J connectivity index is 1.89. The van der Waals surface area contributed by atoms with Gasteiger partial charge in [-0.15, -0.1) is 0 Å². The van der Waals surface area contributed by atoms with Gasteiger partial charge in [0.25, 0.3) is 0 Å². The second kappa shape index (κ2) is 6.03. The Morgan fingerprint density at radius 1 is 1.25 bits per heavy atom. The number of anilines is 1. The van der Waals surface area contributed by atoms with Gasteiger partial charge in [0.2, 0.25) is 5.91 Å². The van der Waals surface area contributed by atoms with E-state index in [0.29, 0.717) is 13.2 Å². The molecule has 2 rings (SSSR count). The van der Waals surface area contributed by atoms with E-state index in [-0.39, 0.29) is 18.0 Å². The zero-order valence-electron chi connectivity index (χ0n) is 12.3. The van der Waals surface area contributed by atoms with E-state index in [4.69, 9.17) is 9.47 Å². The molecule has 5 nitrogen and oxygen atoms in total. The fraction of sp³-hybridized carbons (Fsp3) is 0.533. The summed E-state index contributed by atoms with van der Waals surface area (Å²) in [6.07, 6.45) is 0.892. The third-order valence-corrected chi connectivity index (χ3v) is 3.36. The van der Waals surface area contributed by atoms with Crippen LogP contribution in [0, 0.1) is 0 Å². The van der Waals surface area contributed by atoms with Gasteiger partial charge in [0.15, 0.2) is 11.5 Å². The highest BCUT2D eigenvalue weighted by atomic mass is 16.6. The molecule has 1 heterocycles. The Morgan fingerprint density at radius 2 is 1.95 bits per heavy atom. The number of hydrogen-bond donors (Lipinski definition) is 2. The van der Waals surface area contributed by atoms with E-state index < -0.39 is 0 Å². The smallest absolute Gasteiger partial charge is 0.239 e. The summed E-state index contributed by atoms with van der Waals surface area (Å²) in [6, 6.07) is 5.59. The summed E-state index contributed by atoms with van der Waals surface area (Å²) in [5.41, 5.74) is 0.671. The average Bonchev–Trinajstić information content (AvgIpc) is 2.44. The lowest BCUT2D eigenvalue weighted by Gasteiger charge is -2.24. The first kappa shape index (κ1) is 14.5. The topological polar surface area (TPSA) is 59.6 Å².